The molecule has 0 heterocycles. The minimum Gasteiger partial charge on any atom is -0.468 e. The number of esters is 2. The Bertz CT molecular complexity index is 810. The van der Waals surface area contributed by atoms with Gasteiger partial charge in [-0.3, -0.25) is 19.2 Å². The predicted octanol–water partition coefficient (Wildman–Crippen LogP) is 3.63. The highest BCUT2D eigenvalue weighted by atomic mass is 28.3. The molecule has 164 valence electrons. The summed E-state index contributed by atoms with van der Waals surface area (Å²) in [6.45, 7) is 6.53. The van der Waals surface area contributed by atoms with Crippen LogP contribution in [0.5, 0.6) is 0 Å². The lowest BCUT2D eigenvalue weighted by atomic mass is 9.70. The van der Waals surface area contributed by atoms with Crippen LogP contribution >= 0.6 is 0 Å². The minimum atomic E-state index is -2.00. The summed E-state index contributed by atoms with van der Waals surface area (Å²) in [4.78, 5) is 51.5. The standard InChI is InChI=1S/C23H32O6Si/c1-6-30(7-2,8-3)20-16-13-23(21(26)28-4,22(27)29-5)12-14(16)11-15-17(24)9-10-18(25)19(15)20/h9-10,15,19-20H,6-8,11-13H2,1-5H3/t15-,19-,20+/m0/s1. The van der Waals surface area contributed by atoms with Crippen LogP contribution in [0.25, 0.3) is 0 Å². The number of allylic oxidation sites excluding steroid dienone is 4. The van der Waals surface area contributed by atoms with E-state index in [0.29, 0.717) is 6.42 Å². The van der Waals surface area contributed by atoms with Crippen molar-refractivity contribution in [3.63, 3.8) is 0 Å². The van der Waals surface area contributed by atoms with Crippen molar-refractivity contribution in [1.29, 1.82) is 0 Å². The maximum absolute atomic E-state index is 13.1. The molecule has 0 fully saturated rings. The molecule has 0 amide bonds. The lowest BCUT2D eigenvalue weighted by molar-refractivity contribution is -0.168. The Balaban J connectivity index is 2.19. The quantitative estimate of drug-likeness (QED) is 0.276. The lowest BCUT2D eigenvalue weighted by Gasteiger charge is -2.48. The molecule has 0 radical (unpaired) electrons. The van der Waals surface area contributed by atoms with Crippen molar-refractivity contribution < 1.29 is 28.7 Å². The van der Waals surface area contributed by atoms with Crippen molar-refractivity contribution in [2.24, 2.45) is 17.3 Å². The van der Waals surface area contributed by atoms with Crippen LogP contribution in [0.3, 0.4) is 0 Å². The number of rotatable bonds is 6. The Morgan fingerprint density at radius 1 is 0.967 bits per heavy atom. The zero-order chi connectivity index (χ0) is 22.3. The van der Waals surface area contributed by atoms with Gasteiger partial charge in [-0.25, -0.2) is 0 Å². The smallest absolute Gasteiger partial charge is 0.323 e. The molecule has 3 aliphatic rings. The summed E-state index contributed by atoms with van der Waals surface area (Å²) >= 11 is 0. The molecule has 0 aromatic rings. The highest BCUT2D eigenvalue weighted by Crippen LogP contribution is 2.61. The lowest BCUT2D eigenvalue weighted by Crippen LogP contribution is -2.50. The zero-order valence-electron chi connectivity index (χ0n) is 18.6. The monoisotopic (exact) mass is 432 g/mol. The van der Waals surface area contributed by atoms with Crippen LogP contribution in [0, 0.1) is 17.3 Å². The van der Waals surface area contributed by atoms with Gasteiger partial charge in [0.2, 0.25) is 0 Å². The van der Waals surface area contributed by atoms with Gasteiger partial charge in [0.1, 0.15) is 0 Å². The van der Waals surface area contributed by atoms with Crippen molar-refractivity contribution in [3.05, 3.63) is 23.3 Å². The van der Waals surface area contributed by atoms with E-state index in [1.807, 2.05) is 0 Å². The molecule has 7 heteroatoms. The van der Waals surface area contributed by atoms with Gasteiger partial charge >= 0.3 is 11.9 Å². The zero-order valence-corrected chi connectivity index (χ0v) is 19.6. The van der Waals surface area contributed by atoms with Crippen molar-refractivity contribution in [3.8, 4) is 0 Å². The molecule has 0 saturated heterocycles. The fourth-order valence-corrected chi connectivity index (χ4v) is 11.4. The second-order valence-electron chi connectivity index (χ2n) is 8.92. The molecule has 0 N–H and O–H groups in total. The number of carbonyl (C=O) groups is 4. The van der Waals surface area contributed by atoms with E-state index in [1.165, 1.54) is 26.4 Å². The number of ether oxygens (including phenoxy) is 2. The van der Waals surface area contributed by atoms with Gasteiger partial charge < -0.3 is 9.47 Å². The average molecular weight is 433 g/mol. The summed E-state index contributed by atoms with van der Waals surface area (Å²) in [7, 11) is 0.555. The number of carbonyl (C=O) groups excluding carboxylic acids is 4. The molecule has 30 heavy (non-hydrogen) atoms. The Morgan fingerprint density at radius 2 is 1.50 bits per heavy atom. The van der Waals surface area contributed by atoms with Gasteiger partial charge in [0.05, 0.1) is 22.3 Å². The highest BCUT2D eigenvalue weighted by Gasteiger charge is 2.61. The first-order valence-electron chi connectivity index (χ1n) is 10.9. The summed E-state index contributed by atoms with van der Waals surface area (Å²) in [5.41, 5.74) is 0.597. The number of methoxy groups -OCH3 is 2. The van der Waals surface area contributed by atoms with Crippen LogP contribution in [-0.4, -0.2) is 45.8 Å². The number of ketones is 2. The Labute approximate surface area is 179 Å². The molecular weight excluding hydrogens is 400 g/mol. The maximum Gasteiger partial charge on any atom is 0.323 e. The molecule has 0 aromatic carbocycles. The molecule has 0 aliphatic heterocycles. The first kappa shape index (κ1) is 22.7. The average Bonchev–Trinajstić information content (AvgIpc) is 3.16. The fourth-order valence-electron chi connectivity index (χ4n) is 6.33. The van der Waals surface area contributed by atoms with Crippen molar-refractivity contribution in [2.45, 2.75) is 63.7 Å². The van der Waals surface area contributed by atoms with E-state index >= 15 is 0 Å². The topological polar surface area (TPSA) is 86.7 Å². The Kier molecular flexibility index (Phi) is 6.23. The third-order valence-electron chi connectivity index (χ3n) is 8.13. The highest BCUT2D eigenvalue weighted by molar-refractivity contribution is 6.82. The van der Waals surface area contributed by atoms with E-state index in [1.54, 1.807) is 0 Å². The summed E-state index contributed by atoms with van der Waals surface area (Å²) in [6.07, 6.45) is 3.72. The fraction of sp³-hybridized carbons (Fsp3) is 0.652. The van der Waals surface area contributed by atoms with Crippen LogP contribution in [0.2, 0.25) is 23.7 Å². The third-order valence-corrected chi connectivity index (χ3v) is 14.4. The minimum absolute atomic E-state index is 0.0111. The van der Waals surface area contributed by atoms with Gasteiger partial charge in [-0.2, -0.15) is 0 Å². The van der Waals surface area contributed by atoms with E-state index in [9.17, 15) is 19.2 Å². The van der Waals surface area contributed by atoms with E-state index in [2.05, 4.69) is 20.8 Å². The Morgan fingerprint density at radius 3 is 2.00 bits per heavy atom. The van der Waals surface area contributed by atoms with Crippen molar-refractivity contribution in [1.82, 2.24) is 0 Å². The van der Waals surface area contributed by atoms with Crippen molar-refractivity contribution in [2.75, 3.05) is 14.2 Å². The van der Waals surface area contributed by atoms with E-state index < -0.39 is 31.3 Å². The van der Waals surface area contributed by atoms with Gasteiger partial charge in [0.15, 0.2) is 17.0 Å². The molecule has 0 spiro atoms. The Hall–Kier alpha value is -2.02. The molecule has 0 aromatic heterocycles. The second kappa shape index (κ2) is 8.25. The normalized spacial score (nSPS) is 27.6. The van der Waals surface area contributed by atoms with Gasteiger partial charge in [-0.1, -0.05) is 50.0 Å². The number of hydrogen-bond acceptors (Lipinski definition) is 6. The van der Waals surface area contributed by atoms with E-state index in [0.717, 1.165) is 29.3 Å². The van der Waals surface area contributed by atoms with Crippen LogP contribution in [0.4, 0.5) is 0 Å². The largest absolute Gasteiger partial charge is 0.468 e. The number of fused-ring (bicyclic) bond motifs is 1. The van der Waals surface area contributed by atoms with Gasteiger partial charge in [-0.05, 0) is 37.0 Å². The molecule has 0 saturated carbocycles. The summed E-state index contributed by atoms with van der Waals surface area (Å²) in [6, 6.07) is 2.96. The van der Waals surface area contributed by atoms with E-state index in [-0.39, 0.29) is 35.9 Å². The SMILES string of the molecule is CC[Si](CC)(CC)[C@@H]1C2=C(C[C@H]3C(=O)C=CC(=O)[C@@H]13)CC(C(=O)OC)(C(=O)OC)C2. The summed E-state index contributed by atoms with van der Waals surface area (Å²) in [5.74, 6) is -1.98. The molecule has 3 rings (SSSR count). The third kappa shape index (κ3) is 3.13. The van der Waals surface area contributed by atoms with E-state index in [4.69, 9.17) is 9.47 Å². The van der Waals surface area contributed by atoms with Crippen LogP contribution in [0.1, 0.15) is 40.0 Å². The molecule has 0 unspecified atom stereocenters. The molecule has 0 bridgehead atoms. The van der Waals surface area contributed by atoms with Crippen molar-refractivity contribution >= 4 is 31.6 Å². The van der Waals surface area contributed by atoms with Crippen LogP contribution < -0.4 is 0 Å². The summed E-state index contributed by atoms with van der Waals surface area (Å²) < 4.78 is 10.1. The van der Waals surface area contributed by atoms with Gasteiger partial charge in [0.25, 0.3) is 0 Å². The molecule has 3 aliphatic carbocycles. The molecule has 6 nitrogen and oxygen atoms in total. The van der Waals surface area contributed by atoms with Crippen LogP contribution in [0.15, 0.2) is 23.3 Å². The first-order chi connectivity index (χ1) is 14.2. The van der Waals surface area contributed by atoms with Gasteiger partial charge in [-0.15, -0.1) is 0 Å². The van der Waals surface area contributed by atoms with Crippen LogP contribution in [-0.2, 0) is 28.7 Å². The maximum atomic E-state index is 13.1. The summed E-state index contributed by atoms with van der Waals surface area (Å²) in [5, 5.41) is 0. The molecule has 3 atom stereocenters. The van der Waals surface area contributed by atoms with Gasteiger partial charge in [0, 0.05) is 11.8 Å². The predicted molar refractivity (Wildman–Crippen MR) is 114 cm³/mol. The second-order valence-corrected chi connectivity index (χ2v) is 14.4. The number of hydrogen-bond donors (Lipinski definition) is 0. The molecular formula is C23H32O6Si. The first-order valence-corrected chi connectivity index (χ1v) is 13.6.